The average molecular weight is 417 g/mol. The Hall–Kier alpha value is -2.16. The summed E-state index contributed by atoms with van der Waals surface area (Å²) in [6.07, 6.45) is 0. The summed E-state index contributed by atoms with van der Waals surface area (Å²) < 4.78 is 39.3. The summed E-state index contributed by atoms with van der Waals surface area (Å²) in [5, 5.41) is 0.216. The summed E-state index contributed by atoms with van der Waals surface area (Å²) in [5.74, 6) is -0.167. The molecule has 1 N–H and O–H groups in total. The zero-order valence-electron chi connectivity index (χ0n) is 13.7. The van der Waals surface area contributed by atoms with Crippen molar-refractivity contribution in [1.29, 1.82) is 0 Å². The molecule has 0 bridgehead atoms. The van der Waals surface area contributed by atoms with Crippen molar-refractivity contribution in [1.82, 2.24) is 4.57 Å². The molecule has 0 atom stereocenters. The largest absolute Gasteiger partial charge is 0.495 e. The van der Waals surface area contributed by atoms with E-state index in [2.05, 4.69) is 4.72 Å². The Morgan fingerprint density at radius 3 is 2.54 bits per heavy atom. The molecule has 26 heavy (non-hydrogen) atoms. The number of fused-ring (bicyclic) bond motifs is 1. The van der Waals surface area contributed by atoms with E-state index in [1.165, 1.54) is 42.0 Å². The van der Waals surface area contributed by atoms with Crippen LogP contribution in [-0.2, 0) is 16.6 Å². The highest BCUT2D eigenvalue weighted by Gasteiger charge is 2.22. The second-order valence-corrected chi connectivity index (χ2v) is 7.78. The van der Waals surface area contributed by atoms with Gasteiger partial charge in [-0.25, -0.2) is 13.2 Å². The van der Waals surface area contributed by atoms with Crippen molar-refractivity contribution in [3.05, 3.63) is 50.9 Å². The molecule has 0 aliphatic carbocycles. The Morgan fingerprint density at radius 1 is 1.19 bits per heavy atom. The summed E-state index contributed by atoms with van der Waals surface area (Å²) in [7, 11) is -2.58. The molecule has 3 aromatic rings. The topological polar surface area (TPSA) is 90.5 Å². The third kappa shape index (κ3) is 3.27. The van der Waals surface area contributed by atoms with Crippen LogP contribution < -0.4 is 15.2 Å². The molecule has 0 saturated heterocycles. The molecule has 2 aromatic carbocycles. The van der Waals surface area contributed by atoms with Gasteiger partial charge in [-0.05, 0) is 31.2 Å². The van der Waals surface area contributed by atoms with Gasteiger partial charge in [-0.2, -0.15) is 0 Å². The monoisotopic (exact) mass is 416 g/mol. The number of ether oxygens (including phenoxy) is 1. The number of nitrogens with zero attached hydrogens (tertiary/aromatic N) is 1. The van der Waals surface area contributed by atoms with Gasteiger partial charge in [0.2, 0.25) is 0 Å². The number of hydrogen-bond acceptors (Lipinski definition) is 5. The maximum Gasteiger partial charge on any atom is 0.419 e. The molecular formula is C16H14Cl2N2O5S. The van der Waals surface area contributed by atoms with E-state index in [0.717, 1.165) is 0 Å². The lowest BCUT2D eigenvalue weighted by molar-refractivity contribution is 0.415. The fourth-order valence-corrected chi connectivity index (χ4v) is 4.36. The number of halogens is 2. The first-order valence-corrected chi connectivity index (χ1v) is 9.70. The Balaban J connectivity index is 2.05. The second kappa shape index (κ2) is 6.86. The van der Waals surface area contributed by atoms with Crippen molar-refractivity contribution in [3.8, 4) is 5.75 Å². The van der Waals surface area contributed by atoms with E-state index in [0.29, 0.717) is 17.8 Å². The van der Waals surface area contributed by atoms with Gasteiger partial charge in [0.15, 0.2) is 5.58 Å². The minimum atomic E-state index is -4.03. The fourth-order valence-electron chi connectivity index (χ4n) is 2.51. The van der Waals surface area contributed by atoms with Crippen LogP contribution in [0.3, 0.4) is 0 Å². The number of anilines is 1. The highest BCUT2D eigenvalue weighted by atomic mass is 35.5. The van der Waals surface area contributed by atoms with Crippen LogP contribution in [0.2, 0.25) is 10.0 Å². The van der Waals surface area contributed by atoms with Gasteiger partial charge in [0.1, 0.15) is 10.6 Å². The molecule has 10 heteroatoms. The van der Waals surface area contributed by atoms with Crippen molar-refractivity contribution in [3.63, 3.8) is 0 Å². The number of methoxy groups -OCH3 is 1. The van der Waals surface area contributed by atoms with E-state index in [4.69, 9.17) is 32.4 Å². The number of benzene rings is 2. The van der Waals surface area contributed by atoms with E-state index in [-0.39, 0.29) is 26.2 Å². The highest BCUT2D eigenvalue weighted by molar-refractivity contribution is 7.92. The minimum absolute atomic E-state index is 0.0346. The smallest absolute Gasteiger partial charge is 0.419 e. The number of rotatable bonds is 5. The summed E-state index contributed by atoms with van der Waals surface area (Å²) in [6, 6.07) is 7.06. The molecule has 0 spiro atoms. The molecule has 3 rings (SSSR count). The molecule has 0 radical (unpaired) electrons. The van der Waals surface area contributed by atoms with Crippen molar-refractivity contribution in [2.45, 2.75) is 18.4 Å². The third-order valence-corrected chi connectivity index (χ3v) is 5.87. The lowest BCUT2D eigenvalue weighted by Gasteiger charge is -2.11. The third-order valence-electron chi connectivity index (χ3n) is 3.73. The molecule has 0 amide bonds. The SMILES string of the molecule is CCn1c(=O)oc2cc(S(=O)(=O)Nc3ccc(OC)c(Cl)c3)c(Cl)cc21. The van der Waals surface area contributed by atoms with E-state index in [1.807, 2.05) is 0 Å². The van der Waals surface area contributed by atoms with Crippen LogP contribution in [0.4, 0.5) is 5.69 Å². The Bertz CT molecular complexity index is 1150. The van der Waals surface area contributed by atoms with Gasteiger partial charge in [0.25, 0.3) is 10.0 Å². The van der Waals surface area contributed by atoms with Crippen molar-refractivity contribution >= 4 is 50.0 Å². The zero-order valence-corrected chi connectivity index (χ0v) is 16.1. The van der Waals surface area contributed by atoms with Crippen LogP contribution in [0.15, 0.2) is 44.4 Å². The molecule has 0 unspecified atom stereocenters. The maximum atomic E-state index is 12.7. The van der Waals surface area contributed by atoms with E-state index < -0.39 is 15.8 Å². The first-order chi connectivity index (χ1) is 12.3. The first kappa shape index (κ1) is 18.6. The summed E-state index contributed by atoms with van der Waals surface area (Å²) in [5.41, 5.74) is 0.794. The van der Waals surface area contributed by atoms with Crippen molar-refractivity contribution < 1.29 is 17.6 Å². The standard InChI is InChI=1S/C16H14Cl2N2O5S/c1-3-20-12-7-11(18)15(8-14(12)25-16(20)21)26(22,23)19-9-4-5-13(24-2)10(17)6-9/h4-8,19H,3H2,1-2H3. The molecule has 0 aliphatic rings. The van der Waals surface area contributed by atoms with E-state index in [9.17, 15) is 13.2 Å². The Morgan fingerprint density at radius 2 is 1.92 bits per heavy atom. The molecular weight excluding hydrogens is 403 g/mol. The van der Waals surface area contributed by atoms with Crippen LogP contribution in [0, 0.1) is 0 Å². The van der Waals surface area contributed by atoms with Crippen LogP contribution in [-0.4, -0.2) is 20.1 Å². The van der Waals surface area contributed by atoms with Gasteiger partial charge in [-0.3, -0.25) is 9.29 Å². The summed E-state index contributed by atoms with van der Waals surface area (Å²) in [4.78, 5) is 11.6. The number of aromatic nitrogens is 1. The van der Waals surface area contributed by atoms with Crippen molar-refractivity contribution in [2.24, 2.45) is 0 Å². The number of sulfonamides is 1. The lowest BCUT2D eigenvalue weighted by Crippen LogP contribution is -2.14. The zero-order chi connectivity index (χ0) is 19.1. The quantitative estimate of drug-likeness (QED) is 0.683. The van der Waals surface area contributed by atoms with Crippen molar-refractivity contribution in [2.75, 3.05) is 11.8 Å². The molecule has 0 fully saturated rings. The number of aryl methyl sites for hydroxylation is 1. The van der Waals surface area contributed by atoms with Crippen LogP contribution in [0.1, 0.15) is 6.92 Å². The van der Waals surface area contributed by atoms with Gasteiger partial charge >= 0.3 is 5.76 Å². The minimum Gasteiger partial charge on any atom is -0.495 e. The van der Waals surface area contributed by atoms with Crippen LogP contribution in [0.5, 0.6) is 5.75 Å². The summed E-state index contributed by atoms with van der Waals surface area (Å²) >= 11 is 12.2. The molecule has 0 saturated carbocycles. The molecule has 1 heterocycles. The first-order valence-electron chi connectivity index (χ1n) is 7.46. The fraction of sp³-hybridized carbons (Fsp3) is 0.188. The van der Waals surface area contributed by atoms with Gasteiger partial charge in [0.05, 0.1) is 28.4 Å². The van der Waals surface area contributed by atoms with E-state index >= 15 is 0 Å². The maximum absolute atomic E-state index is 12.7. The number of nitrogens with one attached hydrogen (secondary N) is 1. The van der Waals surface area contributed by atoms with Gasteiger partial charge in [0, 0.05) is 12.6 Å². The molecule has 138 valence electrons. The number of oxazole rings is 1. The van der Waals surface area contributed by atoms with E-state index in [1.54, 1.807) is 6.92 Å². The summed E-state index contributed by atoms with van der Waals surface area (Å²) in [6.45, 7) is 2.14. The molecule has 0 aliphatic heterocycles. The average Bonchev–Trinajstić information content (AvgIpc) is 2.88. The number of hydrogen-bond donors (Lipinski definition) is 1. The predicted molar refractivity (Wildman–Crippen MR) is 100.0 cm³/mol. The Labute approximate surface area is 159 Å². The highest BCUT2D eigenvalue weighted by Crippen LogP contribution is 2.31. The predicted octanol–water partition coefficient (Wildman–Crippen LogP) is 3.73. The van der Waals surface area contributed by atoms with Gasteiger partial charge < -0.3 is 9.15 Å². The van der Waals surface area contributed by atoms with Crippen LogP contribution in [0.25, 0.3) is 11.1 Å². The second-order valence-electron chi connectivity index (χ2n) is 5.32. The van der Waals surface area contributed by atoms with Gasteiger partial charge in [-0.1, -0.05) is 23.2 Å². The lowest BCUT2D eigenvalue weighted by atomic mass is 10.3. The Kier molecular flexibility index (Phi) is 4.92. The molecule has 7 nitrogen and oxygen atoms in total. The van der Waals surface area contributed by atoms with Crippen LogP contribution >= 0.6 is 23.2 Å². The molecule has 1 aromatic heterocycles. The normalized spacial score (nSPS) is 11.7. The van der Waals surface area contributed by atoms with Gasteiger partial charge in [-0.15, -0.1) is 0 Å².